The molecule has 202 valence electrons. The third kappa shape index (κ3) is 5.76. The van der Waals surface area contributed by atoms with Crippen LogP contribution in [-0.2, 0) is 9.59 Å². The maximum Gasteiger partial charge on any atom is 0.240 e. The highest BCUT2D eigenvalue weighted by Crippen LogP contribution is 2.37. The number of carbonyl (C=O) groups is 2. The van der Waals surface area contributed by atoms with E-state index in [1.54, 1.807) is 17.0 Å². The Balaban J connectivity index is 1.38. The van der Waals surface area contributed by atoms with Crippen molar-refractivity contribution in [2.24, 2.45) is 4.99 Å². The molecule has 0 aliphatic carbocycles. The first-order valence-corrected chi connectivity index (χ1v) is 13.6. The fraction of sp³-hybridized carbons (Fsp3) is 0.323. The Kier molecular flexibility index (Phi) is 7.84. The molecule has 1 N–H and O–H groups in total. The highest BCUT2D eigenvalue weighted by Gasteiger charge is 2.35. The van der Waals surface area contributed by atoms with Crippen LogP contribution in [0.15, 0.2) is 77.8 Å². The number of hydrogen-bond donors (Lipinski definition) is 1. The van der Waals surface area contributed by atoms with Gasteiger partial charge in [0.15, 0.2) is 0 Å². The van der Waals surface area contributed by atoms with Gasteiger partial charge in [0.05, 0.1) is 17.9 Å². The third-order valence-electron chi connectivity index (χ3n) is 7.82. The molecule has 0 radical (unpaired) electrons. The van der Waals surface area contributed by atoms with Crippen molar-refractivity contribution in [2.75, 3.05) is 43.9 Å². The van der Waals surface area contributed by atoms with Crippen LogP contribution in [0.2, 0.25) is 5.02 Å². The van der Waals surface area contributed by atoms with Crippen LogP contribution in [0.4, 0.5) is 17.1 Å². The third-order valence-corrected chi connectivity index (χ3v) is 8.05. The van der Waals surface area contributed by atoms with Gasteiger partial charge in [-0.1, -0.05) is 48.0 Å². The lowest BCUT2D eigenvalue weighted by Gasteiger charge is -2.42. The number of likely N-dealkylation sites (N-methyl/N-ethyl adjacent to an activating group) is 2. The minimum atomic E-state index is -0.559. The number of anilines is 2. The fourth-order valence-electron chi connectivity index (χ4n) is 5.32. The maximum atomic E-state index is 13.1. The molecule has 8 heteroatoms. The minimum Gasteiger partial charge on any atom is -0.325 e. The average Bonchev–Trinajstić information content (AvgIpc) is 3.25. The fourth-order valence-corrected chi connectivity index (χ4v) is 5.49. The normalized spacial score (nSPS) is 21.9. The molecule has 2 amide bonds. The van der Waals surface area contributed by atoms with Crippen molar-refractivity contribution >= 4 is 46.2 Å². The van der Waals surface area contributed by atoms with E-state index < -0.39 is 5.92 Å². The van der Waals surface area contributed by atoms with Crippen LogP contribution in [0.3, 0.4) is 0 Å². The predicted octanol–water partition coefficient (Wildman–Crippen LogP) is 5.18. The number of carbonyl (C=O) groups excluding carboxylic acids is 2. The molecule has 0 bridgehead atoms. The summed E-state index contributed by atoms with van der Waals surface area (Å²) in [6.07, 6.45) is 0. The van der Waals surface area contributed by atoms with E-state index in [2.05, 4.69) is 36.0 Å². The second-order valence-corrected chi connectivity index (χ2v) is 11.0. The van der Waals surface area contributed by atoms with E-state index in [1.165, 1.54) is 0 Å². The lowest BCUT2D eigenvalue weighted by Crippen LogP contribution is -2.57. The van der Waals surface area contributed by atoms with Gasteiger partial charge in [-0.3, -0.25) is 19.5 Å². The second-order valence-electron chi connectivity index (χ2n) is 10.6. The first-order valence-electron chi connectivity index (χ1n) is 13.3. The van der Waals surface area contributed by atoms with Crippen LogP contribution >= 0.6 is 11.6 Å². The number of halogens is 1. The van der Waals surface area contributed by atoms with Gasteiger partial charge < -0.3 is 15.1 Å². The van der Waals surface area contributed by atoms with Gasteiger partial charge in [0.2, 0.25) is 11.8 Å². The minimum absolute atomic E-state index is 0.0534. The zero-order valence-electron chi connectivity index (χ0n) is 22.8. The Morgan fingerprint density at radius 2 is 1.74 bits per heavy atom. The number of benzene rings is 3. The molecular weight excluding hydrogens is 510 g/mol. The Bertz CT molecular complexity index is 1390. The monoisotopic (exact) mass is 543 g/mol. The summed E-state index contributed by atoms with van der Waals surface area (Å²) in [5, 5.41) is 3.52. The Hall–Kier alpha value is -3.52. The number of piperazine rings is 1. The number of fused-ring (bicyclic) bond motifs is 1. The van der Waals surface area contributed by atoms with Crippen molar-refractivity contribution in [1.29, 1.82) is 0 Å². The zero-order valence-corrected chi connectivity index (χ0v) is 23.5. The van der Waals surface area contributed by atoms with Gasteiger partial charge in [-0.2, -0.15) is 0 Å². The molecule has 1 unspecified atom stereocenters. The summed E-state index contributed by atoms with van der Waals surface area (Å²) >= 11 is 6.17. The molecule has 7 nitrogen and oxygen atoms in total. The van der Waals surface area contributed by atoms with Gasteiger partial charge in [0.1, 0.15) is 5.92 Å². The van der Waals surface area contributed by atoms with Crippen molar-refractivity contribution in [3.05, 3.63) is 88.9 Å². The molecule has 0 saturated carbocycles. The molecule has 3 aromatic carbocycles. The number of amides is 2. The molecule has 2 aliphatic rings. The molecular formula is C31H34ClN5O2. The van der Waals surface area contributed by atoms with Crippen molar-refractivity contribution in [3.8, 4) is 0 Å². The van der Waals surface area contributed by atoms with Crippen molar-refractivity contribution < 1.29 is 9.59 Å². The molecule has 3 atom stereocenters. The Morgan fingerprint density at radius 3 is 2.46 bits per heavy atom. The predicted molar refractivity (Wildman–Crippen MR) is 158 cm³/mol. The van der Waals surface area contributed by atoms with Crippen LogP contribution in [0.25, 0.3) is 0 Å². The summed E-state index contributed by atoms with van der Waals surface area (Å²) in [7, 11) is 3.94. The molecule has 0 spiro atoms. The second kappa shape index (κ2) is 11.3. The first-order chi connectivity index (χ1) is 18.7. The molecule has 5 rings (SSSR count). The number of hydrogen-bond acceptors (Lipinski definition) is 5. The topological polar surface area (TPSA) is 68.2 Å². The lowest BCUT2D eigenvalue weighted by atomic mass is 9.90. The van der Waals surface area contributed by atoms with Crippen LogP contribution in [-0.4, -0.2) is 73.1 Å². The van der Waals surface area contributed by atoms with Gasteiger partial charge in [0, 0.05) is 48.6 Å². The quantitative estimate of drug-likeness (QED) is 0.435. The SMILES string of the molecule is C[C@@H]1CN(CC(=O)N(C)c2ccc(N=C(c3ccccc3)C3C(=O)Nc4cc(Cl)ccc43)cc2)[C@H](C)CN1C. The Morgan fingerprint density at radius 1 is 1.03 bits per heavy atom. The van der Waals surface area contributed by atoms with Crippen LogP contribution < -0.4 is 10.2 Å². The summed E-state index contributed by atoms with van der Waals surface area (Å²) in [6, 6.07) is 23.5. The van der Waals surface area contributed by atoms with Gasteiger partial charge in [-0.25, -0.2) is 0 Å². The van der Waals surface area contributed by atoms with Crippen molar-refractivity contribution in [2.45, 2.75) is 31.8 Å². The highest BCUT2D eigenvalue weighted by atomic mass is 35.5. The molecule has 2 heterocycles. The van der Waals surface area contributed by atoms with Gasteiger partial charge in [-0.05, 0) is 68.4 Å². The molecule has 3 aromatic rings. The standard InChI is InChI=1S/C31H34ClN5O2/c1-20-18-37(21(2)17-35(20)3)19-28(38)36(4)25-13-11-24(12-14-25)33-30(22-8-6-5-7-9-22)29-26-15-10-23(32)16-27(26)34-31(29)39/h5-16,20-21,29H,17-19H2,1-4H3,(H,34,39)/t20-,21-,29?/m1/s1. The van der Waals surface area contributed by atoms with E-state index in [9.17, 15) is 9.59 Å². The summed E-state index contributed by atoms with van der Waals surface area (Å²) in [5.41, 5.74) is 4.59. The van der Waals surface area contributed by atoms with E-state index >= 15 is 0 Å². The number of nitrogens with zero attached hydrogens (tertiary/aromatic N) is 4. The zero-order chi connectivity index (χ0) is 27.7. The molecule has 1 fully saturated rings. The van der Waals surface area contributed by atoms with E-state index in [-0.39, 0.29) is 11.8 Å². The van der Waals surface area contributed by atoms with E-state index in [1.807, 2.05) is 67.7 Å². The summed E-state index contributed by atoms with van der Waals surface area (Å²) < 4.78 is 0. The van der Waals surface area contributed by atoms with Crippen molar-refractivity contribution in [1.82, 2.24) is 9.80 Å². The largest absolute Gasteiger partial charge is 0.325 e. The number of nitrogens with one attached hydrogen (secondary N) is 1. The Labute approximate surface area is 235 Å². The maximum absolute atomic E-state index is 13.1. The van der Waals surface area contributed by atoms with Crippen molar-refractivity contribution in [3.63, 3.8) is 0 Å². The van der Waals surface area contributed by atoms with Gasteiger partial charge in [0.25, 0.3) is 0 Å². The van der Waals surface area contributed by atoms with E-state index in [0.29, 0.717) is 40.7 Å². The van der Waals surface area contributed by atoms with Crippen LogP contribution in [0.5, 0.6) is 0 Å². The molecule has 39 heavy (non-hydrogen) atoms. The number of rotatable bonds is 6. The molecule has 1 saturated heterocycles. The summed E-state index contributed by atoms with van der Waals surface area (Å²) in [6.45, 7) is 6.57. The van der Waals surface area contributed by atoms with E-state index in [0.717, 1.165) is 29.9 Å². The number of aliphatic imine (C=N–C) groups is 1. The van der Waals surface area contributed by atoms with Gasteiger partial charge in [-0.15, -0.1) is 0 Å². The average molecular weight is 544 g/mol. The summed E-state index contributed by atoms with van der Waals surface area (Å²) in [4.78, 5) is 37.5. The van der Waals surface area contributed by atoms with Crippen LogP contribution in [0.1, 0.15) is 30.9 Å². The van der Waals surface area contributed by atoms with E-state index in [4.69, 9.17) is 16.6 Å². The van der Waals surface area contributed by atoms with Gasteiger partial charge >= 0.3 is 0 Å². The smallest absolute Gasteiger partial charge is 0.240 e. The van der Waals surface area contributed by atoms with Crippen LogP contribution in [0, 0.1) is 0 Å². The lowest BCUT2D eigenvalue weighted by molar-refractivity contribution is -0.121. The first kappa shape index (κ1) is 27.1. The molecule has 0 aromatic heterocycles. The molecule has 2 aliphatic heterocycles. The highest BCUT2D eigenvalue weighted by molar-refractivity contribution is 6.31. The summed E-state index contributed by atoms with van der Waals surface area (Å²) in [5.74, 6) is -0.640.